The molecule has 1 amide bonds. The van der Waals surface area contributed by atoms with Gasteiger partial charge in [0.15, 0.2) is 0 Å². The number of ether oxygens (including phenoxy) is 1. The van der Waals surface area contributed by atoms with Gasteiger partial charge in [-0.05, 0) is 17.5 Å². The summed E-state index contributed by atoms with van der Waals surface area (Å²) in [5.41, 5.74) is 1.08. The summed E-state index contributed by atoms with van der Waals surface area (Å²) in [6, 6.07) is 7.88. The highest BCUT2D eigenvalue weighted by molar-refractivity contribution is 5.77. The molecule has 0 radical (unpaired) electrons. The number of nitrogens with zero attached hydrogens (tertiary/aromatic N) is 2. The van der Waals surface area contributed by atoms with Crippen molar-refractivity contribution in [2.45, 2.75) is 19.3 Å². The molecule has 0 bridgehead atoms. The number of rotatable bonds is 6. The van der Waals surface area contributed by atoms with Crippen LogP contribution in [0.2, 0.25) is 0 Å². The van der Waals surface area contributed by atoms with Crippen molar-refractivity contribution in [3.8, 4) is 5.75 Å². The molecule has 1 aliphatic heterocycles. The fraction of sp³-hybridized carbons (Fsp3) is 0.588. The summed E-state index contributed by atoms with van der Waals surface area (Å²) >= 11 is 0. The Kier molecular flexibility index (Phi) is 6.21. The number of carbonyl (C=O) groups excluding carboxylic acids is 1. The molecule has 22 heavy (non-hydrogen) atoms. The van der Waals surface area contributed by atoms with Crippen molar-refractivity contribution in [1.82, 2.24) is 9.80 Å². The van der Waals surface area contributed by atoms with Crippen LogP contribution in [-0.4, -0.2) is 67.3 Å². The van der Waals surface area contributed by atoms with Crippen molar-refractivity contribution >= 4 is 5.91 Å². The van der Waals surface area contributed by atoms with Gasteiger partial charge < -0.3 is 14.7 Å². The highest BCUT2D eigenvalue weighted by Gasteiger charge is 2.23. The summed E-state index contributed by atoms with van der Waals surface area (Å²) in [7, 11) is 1.66. The number of methoxy groups -OCH3 is 1. The topological polar surface area (TPSA) is 53.0 Å². The van der Waals surface area contributed by atoms with E-state index in [-0.39, 0.29) is 18.4 Å². The molecule has 1 aromatic rings. The van der Waals surface area contributed by atoms with Gasteiger partial charge in [0.25, 0.3) is 0 Å². The fourth-order valence-electron chi connectivity index (χ4n) is 2.94. The summed E-state index contributed by atoms with van der Waals surface area (Å²) in [5, 5.41) is 8.95. The quantitative estimate of drug-likeness (QED) is 0.861. The molecule has 0 spiro atoms. The zero-order valence-corrected chi connectivity index (χ0v) is 13.5. The Morgan fingerprint density at radius 1 is 1.27 bits per heavy atom. The molecule has 1 unspecified atom stereocenters. The van der Waals surface area contributed by atoms with E-state index in [1.165, 1.54) is 0 Å². The van der Waals surface area contributed by atoms with Crippen LogP contribution in [-0.2, 0) is 4.79 Å². The van der Waals surface area contributed by atoms with E-state index in [0.717, 1.165) is 37.5 Å². The Bertz CT molecular complexity index is 485. The molecule has 0 saturated carbocycles. The van der Waals surface area contributed by atoms with E-state index in [9.17, 15) is 4.79 Å². The van der Waals surface area contributed by atoms with Crippen LogP contribution in [0.5, 0.6) is 5.75 Å². The number of hydrogen-bond donors (Lipinski definition) is 1. The fourth-order valence-corrected chi connectivity index (χ4v) is 2.94. The van der Waals surface area contributed by atoms with Crippen molar-refractivity contribution in [1.29, 1.82) is 0 Å². The van der Waals surface area contributed by atoms with Gasteiger partial charge in [0.05, 0.1) is 13.7 Å². The van der Waals surface area contributed by atoms with Gasteiger partial charge in [0, 0.05) is 39.1 Å². The molecule has 1 aromatic carbocycles. The number of piperazine rings is 1. The number of carbonyl (C=O) groups is 1. The van der Waals surface area contributed by atoms with Gasteiger partial charge in [-0.2, -0.15) is 0 Å². The number of benzene rings is 1. The largest absolute Gasteiger partial charge is 0.496 e. The maximum absolute atomic E-state index is 12.5. The van der Waals surface area contributed by atoms with Crippen LogP contribution >= 0.6 is 0 Å². The molecule has 0 aliphatic carbocycles. The lowest BCUT2D eigenvalue weighted by atomic mass is 9.96. The van der Waals surface area contributed by atoms with Crippen LogP contribution in [0.4, 0.5) is 0 Å². The third-order valence-corrected chi connectivity index (χ3v) is 4.29. The smallest absolute Gasteiger partial charge is 0.223 e. The summed E-state index contributed by atoms with van der Waals surface area (Å²) in [6.45, 7) is 6.12. The second-order valence-electron chi connectivity index (χ2n) is 5.79. The number of aliphatic hydroxyl groups is 1. The van der Waals surface area contributed by atoms with E-state index >= 15 is 0 Å². The van der Waals surface area contributed by atoms with Gasteiger partial charge in [0.2, 0.25) is 5.91 Å². The van der Waals surface area contributed by atoms with Gasteiger partial charge >= 0.3 is 0 Å². The lowest BCUT2D eigenvalue weighted by molar-refractivity contribution is -0.133. The average Bonchev–Trinajstić information content (AvgIpc) is 2.55. The number of hydrogen-bond acceptors (Lipinski definition) is 4. The Morgan fingerprint density at radius 2 is 1.95 bits per heavy atom. The summed E-state index contributed by atoms with van der Waals surface area (Å²) < 4.78 is 5.38. The minimum absolute atomic E-state index is 0.138. The minimum Gasteiger partial charge on any atom is -0.496 e. The minimum atomic E-state index is 0.138. The average molecular weight is 306 g/mol. The van der Waals surface area contributed by atoms with E-state index in [4.69, 9.17) is 9.84 Å². The molecule has 5 nitrogen and oxygen atoms in total. The first-order chi connectivity index (χ1) is 10.7. The molecule has 0 aromatic heterocycles. The van der Waals surface area contributed by atoms with E-state index in [1.54, 1.807) is 7.11 Å². The predicted octanol–water partition coefficient (Wildman–Crippen LogP) is 1.33. The van der Waals surface area contributed by atoms with E-state index in [2.05, 4.69) is 11.8 Å². The highest BCUT2D eigenvalue weighted by Crippen LogP contribution is 2.28. The van der Waals surface area contributed by atoms with Crippen molar-refractivity contribution < 1.29 is 14.6 Å². The van der Waals surface area contributed by atoms with Crippen LogP contribution in [0.3, 0.4) is 0 Å². The molecule has 122 valence electrons. The number of β-amino-alcohol motifs (C(OH)–C–C–N with tert-alkyl or cyclic N) is 1. The van der Waals surface area contributed by atoms with Crippen molar-refractivity contribution in [2.75, 3.05) is 46.4 Å². The van der Waals surface area contributed by atoms with Gasteiger partial charge in [-0.15, -0.1) is 0 Å². The maximum Gasteiger partial charge on any atom is 0.223 e. The van der Waals surface area contributed by atoms with Crippen LogP contribution in [0, 0.1) is 0 Å². The molecule has 1 fully saturated rings. The van der Waals surface area contributed by atoms with Gasteiger partial charge in [0.1, 0.15) is 5.75 Å². The third-order valence-electron chi connectivity index (χ3n) is 4.29. The number of amides is 1. The van der Waals surface area contributed by atoms with Crippen LogP contribution in [0.1, 0.15) is 24.8 Å². The Morgan fingerprint density at radius 3 is 2.59 bits per heavy atom. The Balaban J connectivity index is 1.89. The summed E-state index contributed by atoms with van der Waals surface area (Å²) in [4.78, 5) is 16.6. The zero-order chi connectivity index (χ0) is 15.9. The van der Waals surface area contributed by atoms with Gasteiger partial charge in [-0.1, -0.05) is 25.1 Å². The normalized spacial score (nSPS) is 17.3. The lowest BCUT2D eigenvalue weighted by Gasteiger charge is -2.35. The van der Waals surface area contributed by atoms with Crippen LogP contribution in [0.15, 0.2) is 24.3 Å². The second kappa shape index (κ2) is 8.15. The number of aliphatic hydroxyl groups excluding tert-OH is 1. The molecule has 1 atom stereocenters. The zero-order valence-electron chi connectivity index (χ0n) is 13.5. The second-order valence-corrected chi connectivity index (χ2v) is 5.79. The van der Waals surface area contributed by atoms with Crippen LogP contribution < -0.4 is 4.74 Å². The van der Waals surface area contributed by atoms with Gasteiger partial charge in [-0.3, -0.25) is 9.69 Å². The van der Waals surface area contributed by atoms with Crippen molar-refractivity contribution in [3.05, 3.63) is 29.8 Å². The van der Waals surface area contributed by atoms with E-state index in [0.29, 0.717) is 13.0 Å². The number of para-hydroxylation sites is 1. The van der Waals surface area contributed by atoms with Crippen LogP contribution in [0.25, 0.3) is 0 Å². The van der Waals surface area contributed by atoms with Crippen molar-refractivity contribution in [3.63, 3.8) is 0 Å². The molecule has 1 heterocycles. The molecule has 2 rings (SSSR count). The molecular weight excluding hydrogens is 280 g/mol. The maximum atomic E-state index is 12.5. The molecule has 5 heteroatoms. The first-order valence-electron chi connectivity index (χ1n) is 7.89. The van der Waals surface area contributed by atoms with Crippen molar-refractivity contribution in [2.24, 2.45) is 0 Å². The van der Waals surface area contributed by atoms with E-state index in [1.807, 2.05) is 29.2 Å². The monoisotopic (exact) mass is 306 g/mol. The first kappa shape index (κ1) is 16.8. The van der Waals surface area contributed by atoms with Gasteiger partial charge in [-0.25, -0.2) is 0 Å². The molecule has 1 N–H and O–H groups in total. The Hall–Kier alpha value is -1.59. The first-order valence-corrected chi connectivity index (χ1v) is 7.89. The molecular formula is C17H26N2O3. The van der Waals surface area contributed by atoms with E-state index < -0.39 is 0 Å². The SMILES string of the molecule is COc1ccccc1C(C)CC(=O)N1CCN(CCO)CC1. The highest BCUT2D eigenvalue weighted by atomic mass is 16.5. The third kappa shape index (κ3) is 4.21. The molecule has 1 aliphatic rings. The summed E-state index contributed by atoms with van der Waals surface area (Å²) in [5.74, 6) is 1.18. The Labute approximate surface area is 132 Å². The molecule has 1 saturated heterocycles. The standard InChI is InChI=1S/C17H26N2O3/c1-14(15-5-3-4-6-16(15)22-2)13-17(21)19-9-7-18(8-10-19)11-12-20/h3-6,14,20H,7-13H2,1-2H3. The summed E-state index contributed by atoms with van der Waals surface area (Å²) in [6.07, 6.45) is 0.500. The lowest BCUT2D eigenvalue weighted by Crippen LogP contribution is -2.49. The predicted molar refractivity (Wildman–Crippen MR) is 86.1 cm³/mol.